The van der Waals surface area contributed by atoms with Crippen LogP contribution in [0.15, 0.2) is 0 Å². The molecule has 0 heterocycles. The molecule has 0 aromatic heterocycles. The lowest BCUT2D eigenvalue weighted by Crippen LogP contribution is -2.00. The van der Waals surface area contributed by atoms with E-state index in [0.717, 1.165) is 19.3 Å². The van der Waals surface area contributed by atoms with Crippen molar-refractivity contribution < 1.29 is 4.92 Å². The first-order chi connectivity index (χ1) is 4.63. The molecule has 0 aliphatic rings. The average molecular weight is 145 g/mol. The van der Waals surface area contributed by atoms with Crippen LogP contribution in [0.3, 0.4) is 0 Å². The Kier molecular flexibility index (Phi) is 4.89. The zero-order chi connectivity index (χ0) is 7.98. The van der Waals surface area contributed by atoms with E-state index in [0.29, 0.717) is 5.92 Å². The van der Waals surface area contributed by atoms with Gasteiger partial charge in [0.05, 0.1) is 0 Å². The third-order valence-electron chi connectivity index (χ3n) is 1.37. The van der Waals surface area contributed by atoms with Gasteiger partial charge in [-0.05, 0) is 12.3 Å². The molecule has 0 N–H and O–H groups in total. The van der Waals surface area contributed by atoms with E-state index in [2.05, 4.69) is 13.8 Å². The van der Waals surface area contributed by atoms with Crippen molar-refractivity contribution in [3.63, 3.8) is 0 Å². The summed E-state index contributed by atoms with van der Waals surface area (Å²) in [5, 5.41) is 9.85. The molecule has 0 aromatic carbocycles. The highest BCUT2D eigenvalue weighted by atomic mass is 16.6. The summed E-state index contributed by atoms with van der Waals surface area (Å²) in [4.78, 5) is 9.60. The van der Waals surface area contributed by atoms with Gasteiger partial charge < -0.3 is 0 Å². The van der Waals surface area contributed by atoms with Crippen LogP contribution in [0.2, 0.25) is 0 Å². The van der Waals surface area contributed by atoms with Gasteiger partial charge in [-0.1, -0.05) is 20.3 Å². The van der Waals surface area contributed by atoms with Crippen LogP contribution in [0.5, 0.6) is 0 Å². The van der Waals surface area contributed by atoms with E-state index in [1.165, 1.54) is 0 Å². The van der Waals surface area contributed by atoms with Gasteiger partial charge in [-0.2, -0.15) is 0 Å². The minimum absolute atomic E-state index is 0.132. The fourth-order valence-corrected chi connectivity index (χ4v) is 0.793. The number of nitrogens with zero attached hydrogens (tertiary/aromatic N) is 1. The maximum Gasteiger partial charge on any atom is 0.203 e. The minimum atomic E-state index is -0.250. The topological polar surface area (TPSA) is 43.1 Å². The Morgan fingerprint density at radius 1 is 1.40 bits per heavy atom. The van der Waals surface area contributed by atoms with E-state index in [4.69, 9.17) is 0 Å². The summed E-state index contributed by atoms with van der Waals surface area (Å²) in [6.45, 7) is 4.39. The molecular weight excluding hydrogens is 130 g/mol. The average Bonchev–Trinajstić information content (AvgIpc) is 1.79. The highest BCUT2D eigenvalue weighted by molar-refractivity contribution is 4.45. The van der Waals surface area contributed by atoms with Crippen molar-refractivity contribution in [2.45, 2.75) is 33.1 Å². The van der Waals surface area contributed by atoms with Crippen LogP contribution in [0, 0.1) is 16.0 Å². The van der Waals surface area contributed by atoms with Gasteiger partial charge in [-0.3, -0.25) is 10.1 Å². The van der Waals surface area contributed by atoms with Crippen molar-refractivity contribution in [2.75, 3.05) is 6.54 Å². The van der Waals surface area contributed by atoms with Crippen molar-refractivity contribution in [3.05, 3.63) is 10.1 Å². The molecule has 0 saturated carbocycles. The Bertz CT molecular complexity index is 102. The van der Waals surface area contributed by atoms with Gasteiger partial charge in [0.25, 0.3) is 0 Å². The van der Waals surface area contributed by atoms with Gasteiger partial charge in [0, 0.05) is 11.3 Å². The second-order valence-corrected chi connectivity index (χ2v) is 2.95. The number of unbranched alkanes of at least 4 members (excludes halogenated alkanes) is 1. The normalized spacial score (nSPS) is 10.3. The molecule has 0 unspecified atom stereocenters. The second kappa shape index (κ2) is 5.21. The van der Waals surface area contributed by atoms with Crippen LogP contribution in [-0.4, -0.2) is 11.5 Å². The molecule has 10 heavy (non-hydrogen) atoms. The van der Waals surface area contributed by atoms with Crippen molar-refractivity contribution in [1.29, 1.82) is 0 Å². The monoisotopic (exact) mass is 145 g/mol. The van der Waals surface area contributed by atoms with Gasteiger partial charge in [-0.15, -0.1) is 0 Å². The Balaban J connectivity index is 2.98. The Hall–Kier alpha value is -0.600. The van der Waals surface area contributed by atoms with Gasteiger partial charge in [-0.25, -0.2) is 0 Å². The number of hydrogen-bond acceptors (Lipinski definition) is 2. The lowest BCUT2D eigenvalue weighted by atomic mass is 10.1. The predicted octanol–water partition coefficient (Wildman–Crippen LogP) is 2.09. The van der Waals surface area contributed by atoms with Crippen molar-refractivity contribution >= 4 is 0 Å². The summed E-state index contributed by atoms with van der Waals surface area (Å²) < 4.78 is 0. The van der Waals surface area contributed by atoms with Crippen LogP contribution in [0.1, 0.15) is 33.1 Å². The van der Waals surface area contributed by atoms with Crippen LogP contribution in [0.4, 0.5) is 0 Å². The highest BCUT2D eigenvalue weighted by Gasteiger charge is 1.97. The third-order valence-corrected chi connectivity index (χ3v) is 1.37. The quantitative estimate of drug-likeness (QED) is 0.337. The van der Waals surface area contributed by atoms with Gasteiger partial charge in [0.1, 0.15) is 0 Å². The van der Waals surface area contributed by atoms with Crippen LogP contribution in [-0.2, 0) is 0 Å². The van der Waals surface area contributed by atoms with Gasteiger partial charge in [0.15, 0.2) is 0 Å². The van der Waals surface area contributed by atoms with E-state index in [1.54, 1.807) is 0 Å². The van der Waals surface area contributed by atoms with Crippen molar-refractivity contribution in [2.24, 2.45) is 5.92 Å². The summed E-state index contributed by atoms with van der Waals surface area (Å²) in [7, 11) is 0. The van der Waals surface area contributed by atoms with E-state index < -0.39 is 0 Å². The standard InChI is InChI=1S/C7H15NO2/c1-7(2)5-3-4-6-8(9)10/h7H,3-6H2,1-2H3. The Labute approximate surface area is 61.6 Å². The molecule has 0 aliphatic carbocycles. The molecule has 0 spiro atoms. The molecular formula is C7H15NO2. The summed E-state index contributed by atoms with van der Waals surface area (Å²) in [6.07, 6.45) is 2.82. The maximum atomic E-state index is 9.85. The zero-order valence-corrected chi connectivity index (χ0v) is 6.67. The Morgan fingerprint density at radius 2 is 2.00 bits per heavy atom. The lowest BCUT2D eigenvalue weighted by Gasteiger charge is -2.00. The summed E-state index contributed by atoms with van der Waals surface area (Å²) >= 11 is 0. The molecule has 3 nitrogen and oxygen atoms in total. The summed E-state index contributed by atoms with van der Waals surface area (Å²) in [6, 6.07) is 0. The van der Waals surface area contributed by atoms with Gasteiger partial charge in [0.2, 0.25) is 6.54 Å². The second-order valence-electron chi connectivity index (χ2n) is 2.95. The smallest absolute Gasteiger partial charge is 0.203 e. The SMILES string of the molecule is CC(C)CCCC[N+](=O)[O-]. The van der Waals surface area contributed by atoms with E-state index >= 15 is 0 Å². The largest absolute Gasteiger partial charge is 0.265 e. The van der Waals surface area contributed by atoms with E-state index in [-0.39, 0.29) is 11.5 Å². The number of rotatable bonds is 5. The molecule has 0 rings (SSSR count). The van der Waals surface area contributed by atoms with E-state index in [1.807, 2.05) is 0 Å². The first-order valence-electron chi connectivity index (χ1n) is 3.74. The first kappa shape index (κ1) is 9.40. The molecule has 0 saturated heterocycles. The van der Waals surface area contributed by atoms with Crippen LogP contribution >= 0.6 is 0 Å². The van der Waals surface area contributed by atoms with Crippen LogP contribution < -0.4 is 0 Å². The fraction of sp³-hybridized carbons (Fsp3) is 1.00. The molecule has 60 valence electrons. The van der Waals surface area contributed by atoms with E-state index in [9.17, 15) is 10.1 Å². The van der Waals surface area contributed by atoms with Crippen molar-refractivity contribution in [3.8, 4) is 0 Å². The third kappa shape index (κ3) is 7.40. The molecule has 0 atom stereocenters. The summed E-state index contributed by atoms with van der Waals surface area (Å²) in [5.41, 5.74) is 0. The number of hydrogen-bond donors (Lipinski definition) is 0. The van der Waals surface area contributed by atoms with Crippen molar-refractivity contribution in [1.82, 2.24) is 0 Å². The fourth-order valence-electron chi connectivity index (χ4n) is 0.793. The molecule has 0 fully saturated rings. The van der Waals surface area contributed by atoms with Crippen LogP contribution in [0.25, 0.3) is 0 Å². The lowest BCUT2D eigenvalue weighted by molar-refractivity contribution is -0.480. The maximum absolute atomic E-state index is 9.85. The van der Waals surface area contributed by atoms with Gasteiger partial charge >= 0.3 is 0 Å². The summed E-state index contributed by atoms with van der Waals surface area (Å²) in [5.74, 6) is 0.673. The zero-order valence-electron chi connectivity index (χ0n) is 6.67. The molecule has 3 heteroatoms. The molecule has 0 bridgehead atoms. The minimum Gasteiger partial charge on any atom is -0.265 e. The molecule has 0 amide bonds. The number of nitro groups is 1. The highest BCUT2D eigenvalue weighted by Crippen LogP contribution is 2.05. The Morgan fingerprint density at radius 3 is 2.40 bits per heavy atom. The first-order valence-corrected chi connectivity index (χ1v) is 3.74. The molecule has 0 radical (unpaired) electrons. The molecule has 0 aromatic rings. The molecule has 0 aliphatic heterocycles. The predicted molar refractivity (Wildman–Crippen MR) is 40.6 cm³/mol.